The first-order chi connectivity index (χ1) is 9.90. The van der Waals surface area contributed by atoms with Crippen molar-refractivity contribution in [1.29, 1.82) is 0 Å². The summed E-state index contributed by atoms with van der Waals surface area (Å²) in [6.07, 6.45) is -3.42. The fourth-order valence-electron chi connectivity index (χ4n) is 2.01. The maximum atomic E-state index is 13.2. The minimum absolute atomic E-state index is 0.179. The van der Waals surface area contributed by atoms with E-state index in [1.54, 1.807) is 18.0 Å². The summed E-state index contributed by atoms with van der Waals surface area (Å²) in [5, 5.41) is 3.11. The smallest absolute Gasteiger partial charge is 0.383 e. The van der Waals surface area contributed by atoms with Crippen molar-refractivity contribution in [2.75, 3.05) is 38.8 Å². The highest BCUT2D eigenvalue weighted by Crippen LogP contribution is 2.36. The van der Waals surface area contributed by atoms with Crippen LogP contribution in [0.1, 0.15) is 24.5 Å². The molecular formula is C15H23F3N2O. The average Bonchev–Trinajstić information content (AvgIpc) is 2.44. The molecule has 120 valence electrons. The molecule has 0 spiro atoms. The van der Waals surface area contributed by atoms with Crippen molar-refractivity contribution in [3.8, 4) is 0 Å². The molecule has 0 atom stereocenters. The number of anilines is 1. The van der Waals surface area contributed by atoms with Crippen LogP contribution in [-0.4, -0.2) is 33.9 Å². The van der Waals surface area contributed by atoms with Crippen LogP contribution >= 0.6 is 0 Å². The van der Waals surface area contributed by atoms with Gasteiger partial charge in [0, 0.05) is 32.9 Å². The lowest BCUT2D eigenvalue weighted by Crippen LogP contribution is -2.25. The summed E-state index contributed by atoms with van der Waals surface area (Å²) >= 11 is 0. The normalized spacial score (nSPS) is 11.7. The largest absolute Gasteiger partial charge is 0.418 e. The van der Waals surface area contributed by atoms with E-state index in [1.807, 2.05) is 6.92 Å². The van der Waals surface area contributed by atoms with Crippen LogP contribution < -0.4 is 10.2 Å². The molecule has 0 saturated heterocycles. The highest BCUT2D eigenvalue weighted by atomic mass is 19.4. The second-order valence-electron chi connectivity index (χ2n) is 4.94. The number of likely N-dealkylation sites (N-methyl/N-ethyl adjacent to an activating group) is 1. The minimum atomic E-state index is -4.36. The van der Waals surface area contributed by atoms with Gasteiger partial charge in [0.05, 0.1) is 12.2 Å². The third-order valence-corrected chi connectivity index (χ3v) is 3.16. The second kappa shape index (κ2) is 8.24. The zero-order chi connectivity index (χ0) is 15.9. The lowest BCUT2D eigenvalue weighted by Gasteiger charge is -2.24. The van der Waals surface area contributed by atoms with E-state index in [9.17, 15) is 13.2 Å². The molecule has 0 unspecified atom stereocenters. The van der Waals surface area contributed by atoms with Gasteiger partial charge in [-0.1, -0.05) is 13.0 Å². The summed E-state index contributed by atoms with van der Waals surface area (Å²) in [6, 6.07) is 4.49. The average molecular weight is 304 g/mol. The number of nitrogens with one attached hydrogen (secondary N) is 1. The van der Waals surface area contributed by atoms with E-state index in [2.05, 4.69) is 5.32 Å². The molecule has 0 amide bonds. The lowest BCUT2D eigenvalue weighted by atomic mass is 10.1. The van der Waals surface area contributed by atoms with Crippen LogP contribution in [0.3, 0.4) is 0 Å². The first kappa shape index (κ1) is 17.8. The zero-order valence-corrected chi connectivity index (χ0v) is 12.8. The number of ether oxygens (including phenoxy) is 1. The van der Waals surface area contributed by atoms with Crippen molar-refractivity contribution in [3.63, 3.8) is 0 Å². The van der Waals surface area contributed by atoms with Crippen LogP contribution in [0.4, 0.5) is 18.9 Å². The number of methoxy groups -OCH3 is 1. The van der Waals surface area contributed by atoms with Crippen molar-refractivity contribution in [1.82, 2.24) is 5.32 Å². The molecule has 0 heterocycles. The molecule has 3 nitrogen and oxygen atoms in total. The first-order valence-corrected chi connectivity index (χ1v) is 7.01. The molecule has 0 aromatic heterocycles. The Labute approximate surface area is 124 Å². The monoisotopic (exact) mass is 304 g/mol. The molecule has 0 saturated carbocycles. The maximum Gasteiger partial charge on any atom is 0.418 e. The van der Waals surface area contributed by atoms with E-state index in [0.29, 0.717) is 25.3 Å². The molecule has 0 aliphatic heterocycles. The van der Waals surface area contributed by atoms with Gasteiger partial charge in [-0.15, -0.1) is 0 Å². The number of rotatable bonds is 8. The van der Waals surface area contributed by atoms with Gasteiger partial charge in [0.2, 0.25) is 0 Å². The Morgan fingerprint density at radius 1 is 1.29 bits per heavy atom. The fraction of sp³-hybridized carbons (Fsp3) is 0.600. The molecule has 0 fully saturated rings. The Balaban J connectivity index is 2.97. The summed E-state index contributed by atoms with van der Waals surface area (Å²) in [6.45, 7) is 4.04. The SMILES string of the molecule is CCCNCc1ccc(N(C)CCOC)c(C(F)(F)F)c1. The summed E-state index contributed by atoms with van der Waals surface area (Å²) in [7, 11) is 3.17. The zero-order valence-electron chi connectivity index (χ0n) is 12.8. The van der Waals surface area contributed by atoms with Gasteiger partial charge in [0.1, 0.15) is 0 Å². The molecule has 21 heavy (non-hydrogen) atoms. The number of hydrogen-bond acceptors (Lipinski definition) is 3. The van der Waals surface area contributed by atoms with Crippen LogP contribution in [0.5, 0.6) is 0 Å². The van der Waals surface area contributed by atoms with Crippen molar-refractivity contribution < 1.29 is 17.9 Å². The Hall–Kier alpha value is -1.27. The molecular weight excluding hydrogens is 281 g/mol. The Morgan fingerprint density at radius 3 is 2.57 bits per heavy atom. The Kier molecular flexibility index (Phi) is 6.98. The molecule has 1 aromatic carbocycles. The van der Waals surface area contributed by atoms with Gasteiger partial charge in [-0.25, -0.2) is 0 Å². The molecule has 0 radical (unpaired) electrons. The molecule has 0 bridgehead atoms. The number of nitrogens with zero attached hydrogens (tertiary/aromatic N) is 1. The highest BCUT2D eigenvalue weighted by Gasteiger charge is 2.34. The number of benzene rings is 1. The van der Waals surface area contributed by atoms with Crippen molar-refractivity contribution in [3.05, 3.63) is 29.3 Å². The quantitative estimate of drug-likeness (QED) is 0.746. The van der Waals surface area contributed by atoms with Gasteiger partial charge >= 0.3 is 6.18 Å². The molecule has 1 aromatic rings. The van der Waals surface area contributed by atoms with E-state index >= 15 is 0 Å². The fourth-order valence-corrected chi connectivity index (χ4v) is 2.01. The standard InChI is InChI=1S/C15H23F3N2O/c1-4-7-19-11-12-5-6-14(20(2)8-9-21-3)13(10-12)15(16,17)18/h5-6,10,19H,4,7-9,11H2,1-3H3. The van der Waals surface area contributed by atoms with Crippen LogP contribution in [0.15, 0.2) is 18.2 Å². The first-order valence-electron chi connectivity index (χ1n) is 7.01. The van der Waals surface area contributed by atoms with Crippen LogP contribution in [-0.2, 0) is 17.5 Å². The molecule has 1 N–H and O–H groups in total. The maximum absolute atomic E-state index is 13.2. The number of halogens is 3. The van der Waals surface area contributed by atoms with E-state index in [0.717, 1.165) is 13.0 Å². The predicted octanol–water partition coefficient (Wildman–Crippen LogP) is 3.29. The number of alkyl halides is 3. The van der Waals surface area contributed by atoms with Crippen molar-refractivity contribution in [2.45, 2.75) is 26.1 Å². The summed E-state index contributed by atoms with van der Waals surface area (Å²) < 4.78 is 44.6. The second-order valence-corrected chi connectivity index (χ2v) is 4.94. The third-order valence-electron chi connectivity index (χ3n) is 3.16. The summed E-state index contributed by atoms with van der Waals surface area (Å²) in [5.41, 5.74) is 0.218. The number of hydrogen-bond donors (Lipinski definition) is 1. The van der Waals surface area contributed by atoms with Gasteiger partial charge in [-0.3, -0.25) is 0 Å². The van der Waals surface area contributed by atoms with E-state index in [4.69, 9.17) is 4.74 Å². The molecule has 0 aliphatic carbocycles. The van der Waals surface area contributed by atoms with Gasteiger partial charge in [-0.2, -0.15) is 13.2 Å². The summed E-state index contributed by atoms with van der Waals surface area (Å²) in [5.74, 6) is 0. The van der Waals surface area contributed by atoms with E-state index in [1.165, 1.54) is 19.2 Å². The minimum Gasteiger partial charge on any atom is -0.383 e. The molecule has 1 rings (SSSR count). The molecule has 6 heteroatoms. The van der Waals surface area contributed by atoms with Crippen LogP contribution in [0.2, 0.25) is 0 Å². The third kappa shape index (κ3) is 5.55. The van der Waals surface area contributed by atoms with Gasteiger partial charge in [0.15, 0.2) is 0 Å². The van der Waals surface area contributed by atoms with E-state index in [-0.39, 0.29) is 5.69 Å². The predicted molar refractivity (Wildman–Crippen MR) is 78.6 cm³/mol. The Morgan fingerprint density at radius 2 is 2.00 bits per heavy atom. The molecule has 0 aliphatic rings. The lowest BCUT2D eigenvalue weighted by molar-refractivity contribution is -0.137. The van der Waals surface area contributed by atoms with Crippen molar-refractivity contribution >= 4 is 5.69 Å². The highest BCUT2D eigenvalue weighted by molar-refractivity contribution is 5.56. The van der Waals surface area contributed by atoms with Crippen LogP contribution in [0, 0.1) is 0 Å². The van der Waals surface area contributed by atoms with Gasteiger partial charge in [0.25, 0.3) is 0 Å². The topological polar surface area (TPSA) is 24.5 Å². The van der Waals surface area contributed by atoms with Gasteiger partial charge in [-0.05, 0) is 30.7 Å². The Bertz CT molecular complexity index is 435. The van der Waals surface area contributed by atoms with Crippen molar-refractivity contribution in [2.24, 2.45) is 0 Å². The van der Waals surface area contributed by atoms with Crippen LogP contribution in [0.25, 0.3) is 0 Å². The van der Waals surface area contributed by atoms with Gasteiger partial charge < -0.3 is 15.0 Å². The van der Waals surface area contributed by atoms with E-state index < -0.39 is 11.7 Å². The summed E-state index contributed by atoms with van der Waals surface area (Å²) in [4.78, 5) is 1.57.